The van der Waals surface area contributed by atoms with E-state index in [9.17, 15) is 18.0 Å². The Hall–Kier alpha value is -3.07. The topological polar surface area (TPSA) is 86.8 Å². The molecule has 0 fully saturated rings. The zero-order valence-corrected chi connectivity index (χ0v) is 23.8. The number of hydrogen-bond donors (Lipinski definition) is 1. The first-order valence-corrected chi connectivity index (χ1v) is 14.4. The number of rotatable bonds is 11. The summed E-state index contributed by atoms with van der Waals surface area (Å²) in [6.45, 7) is 4.99. The van der Waals surface area contributed by atoms with Crippen LogP contribution in [0.2, 0.25) is 10.0 Å². The number of amides is 2. The average Bonchev–Trinajstić information content (AvgIpc) is 2.91. The van der Waals surface area contributed by atoms with Gasteiger partial charge in [-0.1, -0.05) is 78.7 Å². The minimum atomic E-state index is -4.20. The number of nitrogens with one attached hydrogen (secondary N) is 1. The van der Waals surface area contributed by atoms with E-state index < -0.39 is 28.5 Å². The fourth-order valence-electron chi connectivity index (χ4n) is 3.74. The molecular weight excluding hydrogens is 545 g/mol. The van der Waals surface area contributed by atoms with Crippen LogP contribution in [0.25, 0.3) is 0 Å². The maximum Gasteiger partial charge on any atom is 0.264 e. The Bertz CT molecular complexity index is 1360. The number of sulfonamides is 1. The van der Waals surface area contributed by atoms with Gasteiger partial charge in [0.2, 0.25) is 11.8 Å². The second-order valence-corrected chi connectivity index (χ2v) is 11.6. The molecule has 0 bridgehead atoms. The number of hydrogen-bond acceptors (Lipinski definition) is 4. The number of carbonyl (C=O) groups excluding carboxylic acids is 2. The van der Waals surface area contributed by atoms with Gasteiger partial charge in [-0.05, 0) is 56.2 Å². The van der Waals surface area contributed by atoms with Crippen LogP contribution in [0.1, 0.15) is 32.8 Å². The van der Waals surface area contributed by atoms with Crippen molar-refractivity contribution in [2.75, 3.05) is 10.8 Å². The SMILES string of the molecule is CC[C@H](C)NC(=O)[C@@H](C)N(Cc1ccccc1)C(=O)CN(c1ccc(Cl)cc1Cl)S(=O)(=O)c1ccccc1. The fraction of sp³-hybridized carbons (Fsp3) is 0.286. The van der Waals surface area contributed by atoms with Gasteiger partial charge in [-0.2, -0.15) is 0 Å². The summed E-state index contributed by atoms with van der Waals surface area (Å²) in [6.07, 6.45) is 0.725. The summed E-state index contributed by atoms with van der Waals surface area (Å²) in [5.41, 5.74) is 0.899. The van der Waals surface area contributed by atoms with E-state index in [1.165, 1.54) is 35.2 Å². The van der Waals surface area contributed by atoms with Crippen LogP contribution >= 0.6 is 23.2 Å². The van der Waals surface area contributed by atoms with Gasteiger partial charge in [0.25, 0.3) is 10.0 Å². The largest absolute Gasteiger partial charge is 0.352 e. The summed E-state index contributed by atoms with van der Waals surface area (Å²) in [7, 11) is -4.20. The third-order valence-corrected chi connectivity index (χ3v) is 8.46. The van der Waals surface area contributed by atoms with Gasteiger partial charge in [-0.15, -0.1) is 0 Å². The van der Waals surface area contributed by atoms with Crippen molar-refractivity contribution in [1.82, 2.24) is 10.2 Å². The van der Waals surface area contributed by atoms with Crippen LogP contribution in [0.3, 0.4) is 0 Å². The zero-order chi connectivity index (χ0) is 27.9. The van der Waals surface area contributed by atoms with Crippen molar-refractivity contribution in [3.05, 3.63) is 94.5 Å². The molecule has 0 aliphatic heterocycles. The third kappa shape index (κ3) is 7.28. The third-order valence-electron chi connectivity index (χ3n) is 6.15. The molecule has 7 nitrogen and oxygen atoms in total. The Morgan fingerprint density at radius 3 is 2.11 bits per heavy atom. The normalized spacial score (nSPS) is 12.9. The van der Waals surface area contributed by atoms with Gasteiger partial charge in [0.05, 0.1) is 15.6 Å². The number of anilines is 1. The average molecular weight is 577 g/mol. The summed E-state index contributed by atoms with van der Waals surface area (Å²) < 4.78 is 28.5. The van der Waals surface area contributed by atoms with E-state index in [-0.39, 0.29) is 34.1 Å². The van der Waals surface area contributed by atoms with Gasteiger partial charge < -0.3 is 10.2 Å². The molecule has 0 radical (unpaired) electrons. The molecule has 3 rings (SSSR count). The molecule has 38 heavy (non-hydrogen) atoms. The summed E-state index contributed by atoms with van der Waals surface area (Å²) in [5.74, 6) is -0.892. The van der Waals surface area contributed by atoms with Gasteiger partial charge in [-0.25, -0.2) is 8.42 Å². The standard InChI is InChI=1S/C28H31Cl2N3O4S/c1-4-20(2)31-28(35)21(3)32(18-22-11-7-5-8-12-22)27(34)19-33(26-16-15-23(29)17-25(26)30)38(36,37)24-13-9-6-10-14-24/h5-17,20-21H,4,18-19H2,1-3H3,(H,31,35)/t20-,21+/m0/s1. The summed E-state index contributed by atoms with van der Waals surface area (Å²) >= 11 is 12.5. The number of halogens is 2. The van der Waals surface area contributed by atoms with Crippen molar-refractivity contribution >= 4 is 50.7 Å². The lowest BCUT2D eigenvalue weighted by Crippen LogP contribution is -2.52. The quantitative estimate of drug-likeness (QED) is 0.326. The predicted octanol–water partition coefficient (Wildman–Crippen LogP) is 5.52. The van der Waals surface area contributed by atoms with Crippen LogP contribution in [0.5, 0.6) is 0 Å². The first-order valence-electron chi connectivity index (χ1n) is 12.2. The molecule has 0 saturated carbocycles. The van der Waals surface area contributed by atoms with Crippen LogP contribution in [-0.2, 0) is 26.2 Å². The highest BCUT2D eigenvalue weighted by Gasteiger charge is 2.33. The van der Waals surface area contributed by atoms with E-state index in [2.05, 4.69) is 5.32 Å². The second-order valence-electron chi connectivity index (χ2n) is 8.92. The zero-order valence-electron chi connectivity index (χ0n) is 21.5. The number of nitrogens with zero attached hydrogens (tertiary/aromatic N) is 2. The smallest absolute Gasteiger partial charge is 0.264 e. The highest BCUT2D eigenvalue weighted by Crippen LogP contribution is 2.33. The molecular formula is C28H31Cl2N3O4S. The second kappa shape index (κ2) is 13.1. The van der Waals surface area contributed by atoms with Gasteiger partial charge in [0, 0.05) is 17.6 Å². The Morgan fingerprint density at radius 1 is 0.921 bits per heavy atom. The van der Waals surface area contributed by atoms with Gasteiger partial charge in [-0.3, -0.25) is 13.9 Å². The maximum atomic E-state index is 13.9. The number of benzene rings is 3. The van der Waals surface area contributed by atoms with E-state index in [1.807, 2.05) is 44.2 Å². The molecule has 3 aromatic rings. The number of carbonyl (C=O) groups is 2. The molecule has 3 aromatic carbocycles. The Kier molecular flexibility index (Phi) is 10.2. The maximum absolute atomic E-state index is 13.9. The summed E-state index contributed by atoms with van der Waals surface area (Å²) in [6, 6.07) is 20.4. The van der Waals surface area contributed by atoms with Gasteiger partial charge in [0.15, 0.2) is 0 Å². The van der Waals surface area contributed by atoms with Crippen molar-refractivity contribution in [2.24, 2.45) is 0 Å². The van der Waals surface area contributed by atoms with Crippen LogP contribution in [0.15, 0.2) is 83.8 Å². The minimum Gasteiger partial charge on any atom is -0.352 e. The van der Waals surface area contributed by atoms with E-state index in [0.29, 0.717) is 5.02 Å². The molecule has 0 aliphatic rings. The molecule has 2 atom stereocenters. The lowest BCUT2D eigenvalue weighted by molar-refractivity contribution is -0.139. The monoisotopic (exact) mass is 575 g/mol. The molecule has 0 spiro atoms. The summed E-state index contributed by atoms with van der Waals surface area (Å²) in [5, 5.41) is 3.30. The molecule has 0 saturated heterocycles. The van der Waals surface area contributed by atoms with E-state index in [4.69, 9.17) is 23.2 Å². The van der Waals surface area contributed by atoms with Gasteiger partial charge in [0.1, 0.15) is 12.6 Å². The van der Waals surface area contributed by atoms with Crippen molar-refractivity contribution in [1.29, 1.82) is 0 Å². The van der Waals surface area contributed by atoms with E-state index in [0.717, 1.165) is 16.3 Å². The molecule has 0 heterocycles. The highest BCUT2D eigenvalue weighted by atomic mass is 35.5. The van der Waals surface area contributed by atoms with Crippen molar-refractivity contribution in [3.63, 3.8) is 0 Å². The predicted molar refractivity (Wildman–Crippen MR) is 152 cm³/mol. The van der Waals surface area contributed by atoms with E-state index >= 15 is 0 Å². The first kappa shape index (κ1) is 29.5. The molecule has 0 aliphatic carbocycles. The molecule has 0 unspecified atom stereocenters. The van der Waals surface area contributed by atoms with Crippen molar-refractivity contribution < 1.29 is 18.0 Å². The molecule has 2 amide bonds. The van der Waals surface area contributed by atoms with Gasteiger partial charge >= 0.3 is 0 Å². The molecule has 1 N–H and O–H groups in total. The molecule has 10 heteroatoms. The van der Waals surface area contributed by atoms with Crippen LogP contribution in [-0.4, -0.2) is 43.8 Å². The minimum absolute atomic E-state index is 0.00371. The van der Waals surface area contributed by atoms with E-state index in [1.54, 1.807) is 25.1 Å². The Morgan fingerprint density at radius 2 is 1.53 bits per heavy atom. The highest BCUT2D eigenvalue weighted by molar-refractivity contribution is 7.92. The van der Waals surface area contributed by atoms with Crippen molar-refractivity contribution in [2.45, 2.75) is 50.7 Å². The van der Waals surface area contributed by atoms with Crippen LogP contribution < -0.4 is 9.62 Å². The van der Waals surface area contributed by atoms with Crippen LogP contribution in [0, 0.1) is 0 Å². The van der Waals surface area contributed by atoms with Crippen molar-refractivity contribution in [3.8, 4) is 0 Å². The lowest BCUT2D eigenvalue weighted by Gasteiger charge is -2.32. The Balaban J connectivity index is 2.03. The van der Waals surface area contributed by atoms with Crippen LogP contribution in [0.4, 0.5) is 5.69 Å². The molecule has 0 aromatic heterocycles. The molecule has 202 valence electrons. The fourth-order valence-corrected chi connectivity index (χ4v) is 5.76. The Labute approximate surface area is 234 Å². The first-order chi connectivity index (χ1) is 18.0. The summed E-state index contributed by atoms with van der Waals surface area (Å²) in [4.78, 5) is 28.3. The lowest BCUT2D eigenvalue weighted by atomic mass is 10.1.